The van der Waals surface area contributed by atoms with Crippen LogP contribution in [0, 0.1) is 18.6 Å². The van der Waals surface area contributed by atoms with Crippen molar-refractivity contribution in [3.05, 3.63) is 29.3 Å². The fourth-order valence-electron chi connectivity index (χ4n) is 2.56. The molecule has 1 unspecified atom stereocenters. The van der Waals surface area contributed by atoms with Crippen LogP contribution in [0.2, 0.25) is 0 Å². The summed E-state index contributed by atoms with van der Waals surface area (Å²) in [4.78, 5) is -0.443. The molecule has 1 saturated heterocycles. The standard InChI is InChI=1S/C14H20F2N2O2S.ClH/c1-3-6-18(11-4-5-17-9-11)21(19,20)14-7-10(2)12(15)8-13(14)16;/h7-8,11,17H,3-6,9H2,1-2H3;1H. The summed E-state index contributed by atoms with van der Waals surface area (Å²) in [6.45, 7) is 4.92. The van der Waals surface area contributed by atoms with Crippen LogP contribution >= 0.6 is 12.4 Å². The fraction of sp³-hybridized carbons (Fsp3) is 0.571. The molecule has 0 spiro atoms. The van der Waals surface area contributed by atoms with E-state index < -0.39 is 26.6 Å². The zero-order valence-corrected chi connectivity index (χ0v) is 14.2. The second-order valence-electron chi connectivity index (χ2n) is 5.29. The van der Waals surface area contributed by atoms with Crippen molar-refractivity contribution in [2.45, 2.75) is 37.6 Å². The van der Waals surface area contributed by atoms with E-state index in [1.165, 1.54) is 11.2 Å². The van der Waals surface area contributed by atoms with E-state index in [-0.39, 0.29) is 24.0 Å². The van der Waals surface area contributed by atoms with Crippen molar-refractivity contribution in [2.75, 3.05) is 19.6 Å². The Morgan fingerprint density at radius 3 is 2.55 bits per heavy atom. The molecule has 4 nitrogen and oxygen atoms in total. The van der Waals surface area contributed by atoms with E-state index in [0.29, 0.717) is 32.0 Å². The number of rotatable bonds is 5. The average molecular weight is 355 g/mol. The van der Waals surface area contributed by atoms with Gasteiger partial charge in [-0.25, -0.2) is 17.2 Å². The van der Waals surface area contributed by atoms with Crippen LogP contribution in [0.3, 0.4) is 0 Å². The van der Waals surface area contributed by atoms with Crippen LogP contribution in [-0.4, -0.2) is 38.4 Å². The molecule has 1 atom stereocenters. The molecule has 1 aromatic rings. The van der Waals surface area contributed by atoms with Crippen molar-refractivity contribution in [1.29, 1.82) is 0 Å². The molecule has 2 rings (SSSR count). The lowest BCUT2D eigenvalue weighted by Crippen LogP contribution is -2.42. The lowest BCUT2D eigenvalue weighted by molar-refractivity contribution is 0.333. The van der Waals surface area contributed by atoms with E-state index >= 15 is 0 Å². The summed E-state index contributed by atoms with van der Waals surface area (Å²) >= 11 is 0. The van der Waals surface area contributed by atoms with E-state index in [4.69, 9.17) is 0 Å². The molecule has 1 N–H and O–H groups in total. The minimum absolute atomic E-state index is 0. The van der Waals surface area contributed by atoms with Gasteiger partial charge in [0.2, 0.25) is 10.0 Å². The molecule has 0 saturated carbocycles. The Bertz CT molecular complexity index is 620. The smallest absolute Gasteiger partial charge is 0.246 e. The van der Waals surface area contributed by atoms with Gasteiger partial charge in [-0.3, -0.25) is 0 Å². The molecule has 0 bridgehead atoms. The van der Waals surface area contributed by atoms with Gasteiger partial charge in [-0.1, -0.05) is 6.92 Å². The highest BCUT2D eigenvalue weighted by Crippen LogP contribution is 2.25. The van der Waals surface area contributed by atoms with Gasteiger partial charge in [0.1, 0.15) is 16.5 Å². The topological polar surface area (TPSA) is 49.4 Å². The Morgan fingerprint density at radius 1 is 1.32 bits per heavy atom. The highest BCUT2D eigenvalue weighted by atomic mass is 35.5. The van der Waals surface area contributed by atoms with Crippen LogP contribution in [-0.2, 0) is 10.0 Å². The van der Waals surface area contributed by atoms with Gasteiger partial charge < -0.3 is 5.32 Å². The molecule has 0 radical (unpaired) electrons. The second kappa shape index (κ2) is 7.68. The first-order valence-corrected chi connectivity index (χ1v) is 8.50. The quantitative estimate of drug-likeness (QED) is 0.883. The maximum absolute atomic E-state index is 14.0. The minimum Gasteiger partial charge on any atom is -0.315 e. The van der Waals surface area contributed by atoms with E-state index in [1.807, 2.05) is 6.92 Å². The molecule has 22 heavy (non-hydrogen) atoms. The molecular formula is C14H21ClF2N2O2S. The number of nitrogens with zero attached hydrogens (tertiary/aromatic N) is 1. The van der Waals surface area contributed by atoms with E-state index in [9.17, 15) is 17.2 Å². The third-order valence-electron chi connectivity index (χ3n) is 3.69. The average Bonchev–Trinajstić information content (AvgIpc) is 2.93. The molecule has 1 aromatic carbocycles. The third kappa shape index (κ3) is 3.76. The molecule has 0 aromatic heterocycles. The molecule has 8 heteroatoms. The van der Waals surface area contributed by atoms with E-state index in [2.05, 4.69) is 5.32 Å². The number of aryl methyl sites for hydroxylation is 1. The van der Waals surface area contributed by atoms with Gasteiger partial charge in [0, 0.05) is 25.2 Å². The Balaban J connectivity index is 0.00000242. The Labute approximate surface area is 136 Å². The first-order valence-electron chi connectivity index (χ1n) is 7.06. The zero-order chi connectivity index (χ0) is 15.6. The maximum Gasteiger partial charge on any atom is 0.246 e. The fourth-order valence-corrected chi connectivity index (χ4v) is 4.44. The van der Waals surface area contributed by atoms with Crippen LogP contribution in [0.5, 0.6) is 0 Å². The van der Waals surface area contributed by atoms with Gasteiger partial charge in [-0.05, 0) is 37.9 Å². The molecule has 0 aliphatic carbocycles. The number of benzene rings is 1. The highest BCUT2D eigenvalue weighted by Gasteiger charge is 2.34. The molecule has 1 aliphatic rings. The predicted molar refractivity (Wildman–Crippen MR) is 83.8 cm³/mol. The summed E-state index contributed by atoms with van der Waals surface area (Å²) in [7, 11) is -3.96. The van der Waals surface area contributed by atoms with Gasteiger partial charge >= 0.3 is 0 Å². The monoisotopic (exact) mass is 354 g/mol. The summed E-state index contributed by atoms with van der Waals surface area (Å²) in [6.07, 6.45) is 1.33. The second-order valence-corrected chi connectivity index (χ2v) is 7.15. The molecule has 126 valence electrons. The van der Waals surface area contributed by atoms with Gasteiger partial charge in [0.05, 0.1) is 0 Å². The molecular weight excluding hydrogens is 334 g/mol. The SMILES string of the molecule is CCCN(C1CCNC1)S(=O)(=O)c1cc(C)c(F)cc1F.Cl. The lowest BCUT2D eigenvalue weighted by Gasteiger charge is -2.27. The largest absolute Gasteiger partial charge is 0.315 e. The van der Waals surface area contributed by atoms with Crippen molar-refractivity contribution < 1.29 is 17.2 Å². The lowest BCUT2D eigenvalue weighted by atomic mass is 10.2. The number of halogens is 3. The van der Waals surface area contributed by atoms with Gasteiger partial charge in [0.25, 0.3) is 0 Å². The van der Waals surface area contributed by atoms with Crippen LogP contribution in [0.4, 0.5) is 8.78 Å². The van der Waals surface area contributed by atoms with Crippen LogP contribution in [0.1, 0.15) is 25.3 Å². The molecule has 1 heterocycles. The van der Waals surface area contributed by atoms with Gasteiger partial charge in [-0.15, -0.1) is 12.4 Å². The molecule has 1 fully saturated rings. The zero-order valence-electron chi connectivity index (χ0n) is 12.6. The summed E-state index contributed by atoms with van der Waals surface area (Å²) in [5.41, 5.74) is 0.121. The Morgan fingerprint density at radius 2 is 2.00 bits per heavy atom. The van der Waals surface area contributed by atoms with Gasteiger partial charge in [-0.2, -0.15) is 4.31 Å². The summed E-state index contributed by atoms with van der Waals surface area (Å²) in [6, 6.07) is 1.53. The maximum atomic E-state index is 14.0. The first kappa shape index (κ1) is 19.3. The predicted octanol–water partition coefficient (Wildman–Crippen LogP) is 2.46. The number of nitrogens with one attached hydrogen (secondary N) is 1. The normalized spacial score (nSPS) is 18.5. The van der Waals surface area contributed by atoms with Crippen LogP contribution in [0.25, 0.3) is 0 Å². The number of sulfonamides is 1. The highest BCUT2D eigenvalue weighted by molar-refractivity contribution is 7.89. The first-order chi connectivity index (χ1) is 9.87. The number of hydrogen-bond acceptors (Lipinski definition) is 3. The van der Waals surface area contributed by atoms with Crippen molar-refractivity contribution in [2.24, 2.45) is 0 Å². The van der Waals surface area contributed by atoms with E-state index in [1.54, 1.807) is 0 Å². The van der Waals surface area contributed by atoms with Gasteiger partial charge in [0.15, 0.2) is 0 Å². The van der Waals surface area contributed by atoms with Crippen LogP contribution < -0.4 is 5.32 Å². The van der Waals surface area contributed by atoms with Crippen molar-refractivity contribution in [3.63, 3.8) is 0 Å². The Kier molecular flexibility index (Phi) is 6.73. The summed E-state index contributed by atoms with van der Waals surface area (Å²) in [5.74, 6) is -1.78. The minimum atomic E-state index is -3.96. The summed E-state index contributed by atoms with van der Waals surface area (Å²) in [5, 5.41) is 3.11. The van der Waals surface area contributed by atoms with Crippen molar-refractivity contribution >= 4 is 22.4 Å². The van der Waals surface area contributed by atoms with Crippen LogP contribution in [0.15, 0.2) is 17.0 Å². The molecule has 1 aliphatic heterocycles. The third-order valence-corrected chi connectivity index (χ3v) is 5.65. The van der Waals surface area contributed by atoms with Crippen molar-refractivity contribution in [1.82, 2.24) is 9.62 Å². The molecule has 0 amide bonds. The Hall–Kier alpha value is -0.760. The summed E-state index contributed by atoms with van der Waals surface area (Å²) < 4.78 is 54.1. The van der Waals surface area contributed by atoms with E-state index in [0.717, 1.165) is 12.6 Å². The van der Waals surface area contributed by atoms with Crippen molar-refractivity contribution in [3.8, 4) is 0 Å². The number of hydrogen-bond donors (Lipinski definition) is 1.